The summed E-state index contributed by atoms with van der Waals surface area (Å²) in [7, 11) is 20.0. The maximum Gasteiger partial charge on any atom is -1.00 e. The first-order valence-electron chi connectivity index (χ1n) is 32.9. The van der Waals surface area contributed by atoms with Gasteiger partial charge in [0.2, 0.25) is 28.5 Å². The molecule has 0 aromatic heterocycles. The molecule has 3 aromatic carbocycles. The summed E-state index contributed by atoms with van der Waals surface area (Å²) < 4.78 is 7.50. The van der Waals surface area contributed by atoms with Gasteiger partial charge in [0.15, 0.2) is 39.1 Å². The number of aromatic hydroxyl groups is 3. The van der Waals surface area contributed by atoms with Crippen LogP contribution in [0.2, 0.25) is 0 Å². The van der Waals surface area contributed by atoms with Crippen molar-refractivity contribution < 1.29 is 131 Å². The van der Waals surface area contributed by atoms with Gasteiger partial charge in [-0.1, -0.05) is 0 Å². The van der Waals surface area contributed by atoms with Crippen molar-refractivity contribution in [2.75, 3.05) is 99.3 Å². The number of diazo groups is 1. The summed E-state index contributed by atoms with van der Waals surface area (Å²) in [6.07, 6.45) is 1.03. The summed E-state index contributed by atoms with van der Waals surface area (Å²) in [5.41, 5.74) is 8.92. The number of primary amides is 3. The molecule has 0 saturated heterocycles. The average Bonchev–Trinajstić information content (AvgIpc) is 0.709. The standard InChI is InChI=1S/C24H29N3O7.C23H25N5O7.C23H27N3O7.CO2.CO.ClH/c1-9-6-13(26(2)3)11-7-10-8-12-17(27(4)5)20(30)16(23(25)33)22(32)24(12,34)21(31)14(10)19(29)15(11)18(9)28;1-27(2)12-7-11(26-25)17(29)14-9(12)5-8-6-10-16(28(3)4)19(31)15(22(24)34)21(33)23(10,35)20(32)13(8)18(14)30;1-25(2)12-5-6-13(27)15-10(12)7-9-8-11-17(26(3)4)19(29)16(22(24)32)21(31)23(11,33)20(30)14(9)18(15)28;2-1-3;1-2;/h6,10,12,17,28-29,32,34H,7-8H2,1-5H3,(H2,25,33);7-8,10,16,35H,5-6H2,1-4H3,(H4-,24,29,30,31,32,33,34);5-6,9,11,17,27-28,31,33H,7-8H2,1-4H3,(H2,24,32);;;1H/t10?,12?,17-,24-;8?,10?,16-,23-;9?,11?,17-,23-;;;/m000.../s1. The number of Topliss-reactive ketones (excluding diaryl/α,β-unsaturated/α-hetero) is 6. The molecule has 6 unspecified atom stereocenters. The van der Waals surface area contributed by atoms with Gasteiger partial charge < -0.3 is 106 Å². The SMILES string of the molecule is CN(C)c1cc([N+]#N)c(O)c2c1CC1CC3[C@H](N(C)C)C(=O)C(C(N)=O)=C(O)[C@@]3(O)C(=O)C1=C2O.CN(C)c1ccc(O)c2c1CC1CC3[C@H](N(C)C)C(=O)C(C(N)=O)=C(O)[C@@]3(O)C(=O)C1=C2O.Cc1cc(N(C)C)c2c(c1O)C(O)=C1C(=O)[C@]3(O)C(O)=C(C(N)=O)C(=O)[C@@H](N(C)C)C3CC1C2.O=C=O.[C-]#[O+].[Cl-]. The number of rotatable bonds is 9. The predicted octanol–water partition coefficient (Wildman–Crippen LogP) is -2.73. The molecule has 9 aliphatic carbocycles. The molecule has 0 bridgehead atoms. The predicted molar refractivity (Wildman–Crippen MR) is 374 cm³/mol. The minimum atomic E-state index is -2.70. The Morgan fingerprint density at radius 3 is 1.05 bits per heavy atom. The van der Waals surface area contributed by atoms with Gasteiger partial charge in [0.25, 0.3) is 17.7 Å². The van der Waals surface area contributed by atoms with Gasteiger partial charge in [0, 0.05) is 93.8 Å². The van der Waals surface area contributed by atoms with Gasteiger partial charge in [-0.3, -0.25) is 57.9 Å². The largest absolute Gasteiger partial charge is 1.00 e. The van der Waals surface area contributed by atoms with Gasteiger partial charge in [0.1, 0.15) is 62.8 Å². The number of hydrogen-bond donors (Lipinski definition) is 15. The molecule has 12 atom stereocenters. The number of nitrogens with two attached hydrogens (primary N) is 3. The summed E-state index contributed by atoms with van der Waals surface area (Å²) in [5, 5.41) is 142. The van der Waals surface area contributed by atoms with Crippen LogP contribution in [0.1, 0.15) is 58.2 Å². The van der Waals surface area contributed by atoms with Crippen molar-refractivity contribution in [3.8, 4) is 17.2 Å². The number of nitrogens with zero attached hydrogens (tertiary/aromatic N) is 8. The topological polar surface area (TPSA) is 576 Å². The van der Waals surface area contributed by atoms with Crippen molar-refractivity contribution in [1.82, 2.24) is 14.7 Å². The molecule has 3 amide bonds. The minimum Gasteiger partial charge on any atom is -1.00 e. The van der Waals surface area contributed by atoms with E-state index in [9.17, 15) is 110 Å². The quantitative estimate of drug-likeness (QED) is 0.0447. The van der Waals surface area contributed by atoms with E-state index < -0.39 is 180 Å². The van der Waals surface area contributed by atoms with Gasteiger partial charge in [-0.2, -0.15) is 9.59 Å². The van der Waals surface area contributed by atoms with Crippen LogP contribution in [0.3, 0.4) is 0 Å². The summed E-state index contributed by atoms with van der Waals surface area (Å²) in [4.78, 5) is 145. The van der Waals surface area contributed by atoms with Gasteiger partial charge in [0.05, 0.1) is 40.9 Å². The molecule has 3 aromatic rings. The molecular formula is C72H82ClN11O24. The number of hydrogen-bond acceptors (Lipinski definition) is 30. The van der Waals surface area contributed by atoms with Gasteiger partial charge >= 0.3 is 23.1 Å². The van der Waals surface area contributed by atoms with E-state index in [1.165, 1.54) is 40.9 Å². The van der Waals surface area contributed by atoms with Crippen LogP contribution in [0.4, 0.5) is 22.7 Å². The van der Waals surface area contributed by atoms with E-state index in [1.807, 2.05) is 38.0 Å². The van der Waals surface area contributed by atoms with E-state index in [1.54, 1.807) is 66.2 Å². The number of aliphatic hydroxyl groups is 9. The number of amides is 3. The van der Waals surface area contributed by atoms with Crippen LogP contribution in [0.15, 0.2) is 75.0 Å². The molecule has 18 N–H and O–H groups in total. The third-order valence-electron chi connectivity index (χ3n) is 21.7. The molecule has 0 aliphatic heterocycles. The number of carbonyl (C=O) groups is 9. The second kappa shape index (κ2) is 30.2. The van der Waals surface area contributed by atoms with Crippen molar-refractivity contribution in [2.24, 2.45) is 52.7 Å². The number of likely N-dealkylation sites (N-methyl/N-ethyl adjacent to an activating group) is 3. The van der Waals surface area contributed by atoms with E-state index >= 15 is 0 Å². The first kappa shape index (κ1) is 84.0. The third kappa shape index (κ3) is 12.5. The second-order valence-corrected chi connectivity index (χ2v) is 28.7. The number of halogens is 1. The molecule has 35 nitrogen and oxygen atoms in total. The maximum atomic E-state index is 13.8. The van der Waals surface area contributed by atoms with Crippen LogP contribution in [0, 0.1) is 54.5 Å². The van der Waals surface area contributed by atoms with Crippen LogP contribution < -0.4 is 44.3 Å². The van der Waals surface area contributed by atoms with Crippen LogP contribution >= 0.6 is 0 Å². The van der Waals surface area contributed by atoms with E-state index in [2.05, 4.69) is 11.6 Å². The van der Waals surface area contributed by atoms with Crippen LogP contribution in [0.25, 0.3) is 22.3 Å². The Balaban J connectivity index is 0.000000218. The Morgan fingerprint density at radius 2 is 0.769 bits per heavy atom. The molecule has 3 saturated carbocycles. The summed E-state index contributed by atoms with van der Waals surface area (Å²) >= 11 is 0. The van der Waals surface area contributed by atoms with E-state index in [-0.39, 0.29) is 108 Å². The molecule has 9 aliphatic rings. The molecule has 36 heteroatoms. The van der Waals surface area contributed by atoms with Crippen LogP contribution in [-0.2, 0) is 76.7 Å². The minimum absolute atomic E-state index is 0. The van der Waals surface area contributed by atoms with Gasteiger partial charge in [-0.05, 0) is 146 Å². The number of aliphatic hydroxyl groups excluding tert-OH is 6. The molecule has 12 rings (SSSR count). The molecular weight excluding hydrogens is 1440 g/mol. The van der Waals surface area contributed by atoms with E-state index in [0.29, 0.717) is 27.9 Å². The van der Waals surface area contributed by atoms with E-state index in [0.717, 1.165) is 11.4 Å². The number of phenolic OH excluding ortho intramolecular Hbond substituents is 3. The molecule has 0 heterocycles. The van der Waals surface area contributed by atoms with Crippen molar-refractivity contribution in [2.45, 2.75) is 80.4 Å². The van der Waals surface area contributed by atoms with Crippen LogP contribution in [-0.4, -0.2) is 254 Å². The van der Waals surface area contributed by atoms with E-state index in [4.69, 9.17) is 31.4 Å². The summed E-state index contributed by atoms with van der Waals surface area (Å²) in [6, 6.07) is 2.97. The average molecular weight is 1520 g/mol. The van der Waals surface area contributed by atoms with Crippen molar-refractivity contribution in [3.05, 3.63) is 126 Å². The van der Waals surface area contributed by atoms with Crippen molar-refractivity contribution >= 4 is 98.6 Å². The second-order valence-electron chi connectivity index (χ2n) is 28.7. The Morgan fingerprint density at radius 1 is 0.491 bits per heavy atom. The summed E-state index contributed by atoms with van der Waals surface area (Å²) in [6.45, 7) is 6.17. The number of fused-ring (bicyclic) bond motifs is 9. The Hall–Kier alpha value is -11.3. The molecule has 0 spiro atoms. The Bertz CT molecular complexity index is 4760. The number of ketones is 6. The normalized spacial score (nSPS) is 27.0. The zero-order chi connectivity index (χ0) is 80.9. The fourth-order valence-corrected chi connectivity index (χ4v) is 17.2. The zero-order valence-electron chi connectivity index (χ0n) is 60.7. The van der Waals surface area contributed by atoms with Gasteiger partial charge in [-0.15, -0.1) is 0 Å². The number of carbonyl (C=O) groups excluding carboxylic acids is 11. The first-order chi connectivity index (χ1) is 49.8. The Kier molecular flexibility index (Phi) is 23.5. The number of aryl methyl sites for hydroxylation is 1. The summed E-state index contributed by atoms with van der Waals surface area (Å²) in [5.74, 6) is -20.4. The maximum absolute atomic E-state index is 13.8. The molecule has 576 valence electrons. The molecule has 3 fully saturated rings. The third-order valence-corrected chi connectivity index (χ3v) is 21.7. The molecule has 108 heavy (non-hydrogen) atoms. The Labute approximate surface area is 622 Å². The van der Waals surface area contributed by atoms with Crippen LogP contribution in [0.5, 0.6) is 17.2 Å². The number of phenols is 3. The first-order valence-corrected chi connectivity index (χ1v) is 32.9. The van der Waals surface area contributed by atoms with Crippen molar-refractivity contribution in [1.29, 1.82) is 5.39 Å². The van der Waals surface area contributed by atoms with Crippen molar-refractivity contribution in [3.63, 3.8) is 0 Å². The fraction of sp³-hybridized carbons (Fsp3) is 0.431. The monoisotopic (exact) mass is 1520 g/mol. The zero-order valence-corrected chi connectivity index (χ0v) is 61.5. The smallest absolute Gasteiger partial charge is 1.00 e. The molecule has 0 radical (unpaired) electrons. The van der Waals surface area contributed by atoms with Gasteiger partial charge in [-0.25, -0.2) is 0 Å². The number of anilines is 3. The number of benzene rings is 3. The fourth-order valence-electron chi connectivity index (χ4n) is 17.2.